The van der Waals surface area contributed by atoms with Crippen molar-refractivity contribution >= 4 is 0 Å². The third kappa shape index (κ3) is 7.74. The molecule has 142 valence electrons. The first-order valence-corrected chi connectivity index (χ1v) is 9.14. The number of hydrogen-bond donors (Lipinski definition) is 1. The first-order chi connectivity index (χ1) is 11.9. The number of hydrogen-bond acceptors (Lipinski definition) is 5. The summed E-state index contributed by atoms with van der Waals surface area (Å²) in [6, 6.07) is 8.07. The van der Waals surface area contributed by atoms with E-state index in [4.69, 9.17) is 14.2 Å². The summed E-state index contributed by atoms with van der Waals surface area (Å²) in [5.74, 6) is 0.853. The molecule has 25 heavy (non-hydrogen) atoms. The Hall–Kier alpha value is -1.14. The van der Waals surface area contributed by atoms with Gasteiger partial charge in [0.1, 0.15) is 5.75 Å². The molecular formula is C20H33NO4. The van der Waals surface area contributed by atoms with Crippen LogP contribution in [0.4, 0.5) is 0 Å². The molecule has 5 nitrogen and oxygen atoms in total. The fourth-order valence-corrected chi connectivity index (χ4v) is 3.01. The van der Waals surface area contributed by atoms with Gasteiger partial charge in [-0.2, -0.15) is 0 Å². The van der Waals surface area contributed by atoms with Crippen molar-refractivity contribution in [1.29, 1.82) is 0 Å². The lowest BCUT2D eigenvalue weighted by molar-refractivity contribution is -0.0594. The molecule has 1 aromatic carbocycles. The monoisotopic (exact) mass is 351 g/mol. The number of aliphatic hydroxyl groups excluding tert-OH is 1. The third-order valence-electron chi connectivity index (χ3n) is 4.20. The predicted molar refractivity (Wildman–Crippen MR) is 99.0 cm³/mol. The quantitative estimate of drug-likeness (QED) is 0.741. The number of aliphatic hydroxyl groups is 1. The first kappa shape index (κ1) is 20.2. The lowest BCUT2D eigenvalue weighted by Gasteiger charge is -2.29. The summed E-state index contributed by atoms with van der Waals surface area (Å²) < 4.78 is 16.8. The molecule has 1 aliphatic rings. The maximum absolute atomic E-state index is 10.4. The minimum Gasteiger partial charge on any atom is -0.497 e. The van der Waals surface area contributed by atoms with Gasteiger partial charge in [0.15, 0.2) is 0 Å². The van der Waals surface area contributed by atoms with E-state index in [9.17, 15) is 5.11 Å². The number of rotatable bonds is 9. The minimum atomic E-state index is -0.522. The average molecular weight is 351 g/mol. The van der Waals surface area contributed by atoms with Crippen molar-refractivity contribution < 1.29 is 19.3 Å². The topological polar surface area (TPSA) is 51.2 Å². The highest BCUT2D eigenvalue weighted by Crippen LogP contribution is 2.18. The lowest BCUT2D eigenvalue weighted by atomic mass is 10.1. The van der Waals surface area contributed by atoms with Gasteiger partial charge in [-0.3, -0.25) is 4.90 Å². The molecule has 0 saturated carbocycles. The highest BCUT2D eigenvalue weighted by atomic mass is 16.5. The summed E-state index contributed by atoms with van der Waals surface area (Å²) in [4.78, 5) is 2.25. The van der Waals surface area contributed by atoms with Crippen molar-refractivity contribution in [3.05, 3.63) is 29.8 Å². The Bertz CT molecular complexity index is 509. The summed E-state index contributed by atoms with van der Waals surface area (Å²) in [6.07, 6.45) is 1.93. The van der Waals surface area contributed by atoms with Crippen molar-refractivity contribution in [2.45, 2.75) is 58.0 Å². The Balaban J connectivity index is 1.96. The third-order valence-corrected chi connectivity index (χ3v) is 4.20. The molecule has 0 spiro atoms. The Kier molecular flexibility index (Phi) is 7.69. The van der Waals surface area contributed by atoms with E-state index >= 15 is 0 Å². The van der Waals surface area contributed by atoms with E-state index in [2.05, 4.69) is 11.0 Å². The molecule has 1 aromatic rings. The predicted octanol–water partition coefficient (Wildman–Crippen LogP) is 2.85. The molecule has 1 heterocycles. The molecule has 0 radical (unpaired) electrons. The summed E-state index contributed by atoms with van der Waals surface area (Å²) >= 11 is 0. The maximum atomic E-state index is 10.4. The second kappa shape index (κ2) is 9.53. The van der Waals surface area contributed by atoms with Crippen LogP contribution in [-0.2, 0) is 16.0 Å². The van der Waals surface area contributed by atoms with Crippen LogP contribution < -0.4 is 4.74 Å². The Morgan fingerprint density at radius 3 is 2.80 bits per heavy atom. The highest BCUT2D eigenvalue weighted by molar-refractivity contribution is 5.28. The first-order valence-electron chi connectivity index (χ1n) is 9.14. The van der Waals surface area contributed by atoms with Gasteiger partial charge in [-0.25, -0.2) is 0 Å². The van der Waals surface area contributed by atoms with Gasteiger partial charge < -0.3 is 19.3 Å². The highest BCUT2D eigenvalue weighted by Gasteiger charge is 2.22. The molecule has 0 amide bonds. The fourth-order valence-electron chi connectivity index (χ4n) is 3.01. The van der Waals surface area contributed by atoms with Gasteiger partial charge in [0.2, 0.25) is 0 Å². The van der Waals surface area contributed by atoms with Crippen LogP contribution in [0.1, 0.15) is 39.2 Å². The lowest BCUT2D eigenvalue weighted by Crippen LogP contribution is -2.40. The van der Waals surface area contributed by atoms with E-state index in [1.165, 1.54) is 5.56 Å². The minimum absolute atomic E-state index is 0.243. The molecule has 2 rings (SSSR count). The second-order valence-electron chi connectivity index (χ2n) is 7.76. The maximum Gasteiger partial charge on any atom is 0.119 e. The molecule has 1 N–H and O–H groups in total. The molecule has 0 aromatic heterocycles. The van der Waals surface area contributed by atoms with Crippen molar-refractivity contribution in [3.63, 3.8) is 0 Å². The zero-order chi connectivity index (χ0) is 18.3. The van der Waals surface area contributed by atoms with Crippen LogP contribution in [0.2, 0.25) is 0 Å². The molecular weight excluding hydrogens is 318 g/mol. The molecule has 1 fully saturated rings. The molecule has 2 atom stereocenters. The van der Waals surface area contributed by atoms with E-state index in [1.54, 1.807) is 7.11 Å². The van der Waals surface area contributed by atoms with Gasteiger partial charge in [-0.15, -0.1) is 0 Å². The van der Waals surface area contributed by atoms with Crippen LogP contribution in [0.5, 0.6) is 5.75 Å². The molecule has 0 bridgehead atoms. The largest absolute Gasteiger partial charge is 0.497 e. The Morgan fingerprint density at radius 2 is 2.16 bits per heavy atom. The van der Waals surface area contributed by atoms with Crippen LogP contribution in [0.25, 0.3) is 0 Å². The van der Waals surface area contributed by atoms with Gasteiger partial charge in [0, 0.05) is 26.2 Å². The van der Waals surface area contributed by atoms with Gasteiger partial charge in [0.05, 0.1) is 31.5 Å². The second-order valence-corrected chi connectivity index (χ2v) is 7.76. The molecule has 5 heteroatoms. The SMILES string of the molecule is COc1cccc(CN(CC(O)COC(C)(C)C)CC2CCCO2)c1. The van der Waals surface area contributed by atoms with E-state index in [0.717, 1.165) is 38.3 Å². The molecule has 0 aliphatic carbocycles. The normalized spacial score (nSPS) is 19.4. The summed E-state index contributed by atoms with van der Waals surface area (Å²) in [6.45, 7) is 9.32. The number of ether oxygens (including phenoxy) is 3. The number of nitrogens with zero attached hydrogens (tertiary/aromatic N) is 1. The zero-order valence-corrected chi connectivity index (χ0v) is 16.0. The smallest absolute Gasteiger partial charge is 0.119 e. The Labute approximate surface area is 151 Å². The van der Waals surface area contributed by atoms with Gasteiger partial charge in [0.25, 0.3) is 0 Å². The molecule has 2 unspecified atom stereocenters. The fraction of sp³-hybridized carbons (Fsp3) is 0.700. The van der Waals surface area contributed by atoms with Crippen molar-refractivity contribution in [2.75, 3.05) is 33.4 Å². The van der Waals surface area contributed by atoms with Gasteiger partial charge >= 0.3 is 0 Å². The van der Waals surface area contributed by atoms with E-state index in [0.29, 0.717) is 13.2 Å². The van der Waals surface area contributed by atoms with Crippen molar-refractivity contribution in [1.82, 2.24) is 4.90 Å². The van der Waals surface area contributed by atoms with E-state index < -0.39 is 6.10 Å². The van der Waals surface area contributed by atoms with Crippen LogP contribution in [0.3, 0.4) is 0 Å². The van der Waals surface area contributed by atoms with Crippen LogP contribution in [0, 0.1) is 0 Å². The average Bonchev–Trinajstić information content (AvgIpc) is 3.05. The van der Waals surface area contributed by atoms with E-state index in [1.807, 2.05) is 39.0 Å². The van der Waals surface area contributed by atoms with Crippen LogP contribution in [-0.4, -0.2) is 61.2 Å². The molecule has 1 aliphatic heterocycles. The number of methoxy groups -OCH3 is 1. The standard InChI is InChI=1S/C20H33NO4/c1-20(2,3)25-15-17(22)13-21(14-19-9-6-10-24-19)12-16-7-5-8-18(11-16)23-4/h5,7-8,11,17,19,22H,6,9-10,12-15H2,1-4H3. The molecule has 1 saturated heterocycles. The summed E-state index contributed by atoms with van der Waals surface area (Å²) in [7, 11) is 1.68. The van der Waals surface area contributed by atoms with Crippen LogP contribution in [0.15, 0.2) is 24.3 Å². The van der Waals surface area contributed by atoms with Gasteiger partial charge in [-0.1, -0.05) is 12.1 Å². The van der Waals surface area contributed by atoms with Crippen LogP contribution >= 0.6 is 0 Å². The van der Waals surface area contributed by atoms with Crippen molar-refractivity contribution in [3.8, 4) is 5.75 Å². The van der Waals surface area contributed by atoms with Crippen molar-refractivity contribution in [2.24, 2.45) is 0 Å². The van der Waals surface area contributed by atoms with Gasteiger partial charge in [-0.05, 0) is 51.3 Å². The zero-order valence-electron chi connectivity index (χ0n) is 16.0. The van der Waals surface area contributed by atoms with E-state index in [-0.39, 0.29) is 11.7 Å². The summed E-state index contributed by atoms with van der Waals surface area (Å²) in [5, 5.41) is 10.4. The summed E-state index contributed by atoms with van der Waals surface area (Å²) in [5.41, 5.74) is 0.925. The number of benzene rings is 1. The Morgan fingerprint density at radius 1 is 1.36 bits per heavy atom.